The van der Waals surface area contributed by atoms with Gasteiger partial charge in [0.1, 0.15) is 0 Å². The molecule has 2 aromatic rings. The van der Waals surface area contributed by atoms with Gasteiger partial charge in [0.2, 0.25) is 0 Å². The molecule has 0 amide bonds. The molecule has 2 heteroatoms. The second-order valence-electron chi connectivity index (χ2n) is 3.43. The third-order valence-electron chi connectivity index (χ3n) is 2.62. The standard InChI is InChI=1S/C11H11NSe/c1-2-4-10-8(3-1)9-5-6-12-7-11(9)13-10/h1-4,12H,5-7H2. The number of rotatable bonds is 0. The molecule has 1 aromatic carbocycles. The van der Waals surface area contributed by atoms with Gasteiger partial charge in [0, 0.05) is 0 Å². The molecule has 0 atom stereocenters. The van der Waals surface area contributed by atoms with Gasteiger partial charge in [-0.15, -0.1) is 0 Å². The Balaban J connectivity index is 2.34. The van der Waals surface area contributed by atoms with Crippen molar-refractivity contribution in [2.75, 3.05) is 6.54 Å². The van der Waals surface area contributed by atoms with Gasteiger partial charge >= 0.3 is 83.2 Å². The molecule has 66 valence electrons. The van der Waals surface area contributed by atoms with Crippen molar-refractivity contribution in [3.8, 4) is 0 Å². The third-order valence-corrected chi connectivity index (χ3v) is 5.16. The average Bonchev–Trinajstić information content (AvgIpc) is 2.56. The molecular weight excluding hydrogens is 225 g/mol. The van der Waals surface area contributed by atoms with E-state index >= 15 is 0 Å². The van der Waals surface area contributed by atoms with E-state index in [1.807, 2.05) is 0 Å². The maximum absolute atomic E-state index is 3.45. The molecule has 2 heterocycles. The van der Waals surface area contributed by atoms with Crippen LogP contribution in [0.2, 0.25) is 0 Å². The van der Waals surface area contributed by atoms with Crippen LogP contribution >= 0.6 is 0 Å². The molecule has 13 heavy (non-hydrogen) atoms. The first-order valence-corrected chi connectivity index (χ1v) is 6.36. The zero-order valence-corrected chi connectivity index (χ0v) is 9.05. The molecule has 1 nitrogen and oxygen atoms in total. The van der Waals surface area contributed by atoms with Crippen molar-refractivity contribution in [1.82, 2.24) is 5.32 Å². The Morgan fingerprint density at radius 1 is 1.23 bits per heavy atom. The summed E-state index contributed by atoms with van der Waals surface area (Å²) in [6.45, 7) is 2.28. The van der Waals surface area contributed by atoms with Gasteiger partial charge in [-0.25, -0.2) is 0 Å². The molecule has 0 bridgehead atoms. The minimum atomic E-state index is 0.610. The first-order valence-electron chi connectivity index (χ1n) is 4.65. The van der Waals surface area contributed by atoms with Crippen molar-refractivity contribution in [2.24, 2.45) is 0 Å². The predicted octanol–water partition coefficient (Wildman–Crippen LogP) is 1.54. The molecule has 0 saturated carbocycles. The number of benzene rings is 1. The third kappa shape index (κ3) is 1.18. The van der Waals surface area contributed by atoms with E-state index in [9.17, 15) is 0 Å². The Morgan fingerprint density at radius 3 is 3.15 bits per heavy atom. The molecule has 3 rings (SSSR count). The predicted molar refractivity (Wildman–Crippen MR) is 56.3 cm³/mol. The van der Waals surface area contributed by atoms with Crippen molar-refractivity contribution in [3.63, 3.8) is 0 Å². The zero-order chi connectivity index (χ0) is 8.67. The Hall–Kier alpha value is -0.561. The number of nitrogens with one attached hydrogen (secondary N) is 1. The van der Waals surface area contributed by atoms with Gasteiger partial charge in [0.15, 0.2) is 0 Å². The summed E-state index contributed by atoms with van der Waals surface area (Å²) in [6, 6.07) is 8.89. The summed E-state index contributed by atoms with van der Waals surface area (Å²) < 4.78 is 3.27. The molecule has 0 unspecified atom stereocenters. The van der Waals surface area contributed by atoms with E-state index in [0.717, 1.165) is 13.1 Å². The van der Waals surface area contributed by atoms with Crippen LogP contribution < -0.4 is 5.32 Å². The number of fused-ring (bicyclic) bond motifs is 3. The first kappa shape index (κ1) is 7.81. The zero-order valence-electron chi connectivity index (χ0n) is 7.34. The van der Waals surface area contributed by atoms with Crippen LogP contribution in [0.15, 0.2) is 24.3 Å². The van der Waals surface area contributed by atoms with Gasteiger partial charge in [-0.3, -0.25) is 0 Å². The molecule has 0 fully saturated rings. The van der Waals surface area contributed by atoms with Crippen LogP contribution in [0.3, 0.4) is 0 Å². The van der Waals surface area contributed by atoms with Crippen LogP contribution in [-0.2, 0) is 13.0 Å². The topological polar surface area (TPSA) is 12.0 Å². The summed E-state index contributed by atoms with van der Waals surface area (Å²) >= 11 is 0.610. The van der Waals surface area contributed by atoms with Crippen LogP contribution in [0, 0.1) is 0 Å². The van der Waals surface area contributed by atoms with E-state index in [-0.39, 0.29) is 0 Å². The van der Waals surface area contributed by atoms with Crippen molar-refractivity contribution in [1.29, 1.82) is 0 Å². The Morgan fingerprint density at radius 2 is 2.15 bits per heavy atom. The van der Waals surface area contributed by atoms with Gasteiger partial charge in [0.05, 0.1) is 0 Å². The fourth-order valence-corrected chi connectivity index (χ4v) is 4.55. The molecular formula is C11H11NSe. The Kier molecular flexibility index (Phi) is 1.79. The Bertz CT molecular complexity index is 444. The summed E-state index contributed by atoms with van der Waals surface area (Å²) in [7, 11) is 0. The molecule has 0 saturated heterocycles. The van der Waals surface area contributed by atoms with Gasteiger partial charge in [-0.1, -0.05) is 0 Å². The molecule has 1 N–H and O–H groups in total. The van der Waals surface area contributed by atoms with E-state index in [2.05, 4.69) is 29.6 Å². The first-order chi connectivity index (χ1) is 6.45. The van der Waals surface area contributed by atoms with Crippen LogP contribution in [-0.4, -0.2) is 21.0 Å². The van der Waals surface area contributed by atoms with Crippen LogP contribution in [0.1, 0.15) is 10.0 Å². The van der Waals surface area contributed by atoms with Gasteiger partial charge in [-0.2, -0.15) is 0 Å². The molecule has 1 aromatic heterocycles. The summed E-state index contributed by atoms with van der Waals surface area (Å²) in [5.74, 6) is 0. The monoisotopic (exact) mass is 237 g/mol. The number of hydrogen-bond donors (Lipinski definition) is 1. The minimum absolute atomic E-state index is 0.610. The second-order valence-corrected chi connectivity index (χ2v) is 5.81. The SMILES string of the molecule is c1ccc2c3c([se]c2c1)CNCC3. The van der Waals surface area contributed by atoms with Crippen LogP contribution in [0.5, 0.6) is 0 Å². The van der Waals surface area contributed by atoms with Gasteiger partial charge in [-0.05, 0) is 0 Å². The van der Waals surface area contributed by atoms with E-state index < -0.39 is 0 Å². The van der Waals surface area contributed by atoms with Crippen molar-refractivity contribution < 1.29 is 0 Å². The fourth-order valence-electron chi connectivity index (χ4n) is 1.98. The quantitative estimate of drug-likeness (QED) is 0.684. The van der Waals surface area contributed by atoms with E-state index in [0.29, 0.717) is 14.5 Å². The molecule has 1 aliphatic heterocycles. The molecule has 1 aliphatic rings. The fraction of sp³-hybridized carbons (Fsp3) is 0.273. The molecule has 0 radical (unpaired) electrons. The van der Waals surface area contributed by atoms with Crippen molar-refractivity contribution >= 4 is 24.1 Å². The number of hydrogen-bond acceptors (Lipinski definition) is 1. The summed E-state index contributed by atoms with van der Waals surface area (Å²) in [5, 5.41) is 4.99. The van der Waals surface area contributed by atoms with Crippen LogP contribution in [0.4, 0.5) is 0 Å². The van der Waals surface area contributed by atoms with E-state index in [1.165, 1.54) is 6.42 Å². The van der Waals surface area contributed by atoms with Crippen molar-refractivity contribution in [2.45, 2.75) is 13.0 Å². The maximum atomic E-state index is 3.45. The summed E-state index contributed by atoms with van der Waals surface area (Å²) in [5.41, 5.74) is 1.65. The average molecular weight is 236 g/mol. The Labute approximate surface area is 83.5 Å². The molecule has 0 aliphatic carbocycles. The van der Waals surface area contributed by atoms with E-state index in [4.69, 9.17) is 0 Å². The van der Waals surface area contributed by atoms with Gasteiger partial charge < -0.3 is 0 Å². The van der Waals surface area contributed by atoms with E-state index in [1.54, 1.807) is 19.6 Å². The van der Waals surface area contributed by atoms with Crippen molar-refractivity contribution in [3.05, 3.63) is 34.3 Å². The van der Waals surface area contributed by atoms with Crippen LogP contribution in [0.25, 0.3) is 9.65 Å². The molecule has 0 spiro atoms. The normalized spacial score (nSPS) is 16.0. The summed E-state index contributed by atoms with van der Waals surface area (Å²) in [4.78, 5) is 0. The summed E-state index contributed by atoms with van der Waals surface area (Å²) in [6.07, 6.45) is 1.23. The second kappa shape index (κ2) is 2.98. The van der Waals surface area contributed by atoms with Gasteiger partial charge in [0.25, 0.3) is 0 Å².